The zero-order valence-electron chi connectivity index (χ0n) is 9.13. The van der Waals surface area contributed by atoms with Crippen LogP contribution in [0.2, 0.25) is 10.0 Å². The highest BCUT2D eigenvalue weighted by molar-refractivity contribution is 9.10. The first-order chi connectivity index (χ1) is 8.31. The Kier molecular flexibility index (Phi) is 5.25. The van der Waals surface area contributed by atoms with Crippen LogP contribution in [0.1, 0.15) is 6.92 Å². The van der Waals surface area contributed by atoms with Gasteiger partial charge in [-0.1, -0.05) is 39.1 Å². The van der Waals surface area contributed by atoms with E-state index in [0.29, 0.717) is 4.47 Å². The van der Waals surface area contributed by atoms with Gasteiger partial charge in [-0.2, -0.15) is 0 Å². The second-order valence-electron chi connectivity index (χ2n) is 3.40. The van der Waals surface area contributed by atoms with Crippen molar-refractivity contribution < 1.29 is 14.7 Å². The molecule has 18 heavy (non-hydrogen) atoms. The predicted molar refractivity (Wildman–Crippen MR) is 73.4 cm³/mol. The summed E-state index contributed by atoms with van der Waals surface area (Å²) in [6.45, 7) is 1.34. The van der Waals surface area contributed by atoms with E-state index < -0.39 is 18.0 Å². The molecule has 0 aliphatic rings. The number of carboxylic acid groups (broad SMARTS) is 1. The molecule has 8 heteroatoms. The molecule has 2 amide bonds. The van der Waals surface area contributed by atoms with Crippen LogP contribution in [0.15, 0.2) is 16.6 Å². The van der Waals surface area contributed by atoms with Crippen LogP contribution in [0, 0.1) is 0 Å². The first-order valence-electron chi connectivity index (χ1n) is 4.76. The van der Waals surface area contributed by atoms with Gasteiger partial charge in [-0.25, -0.2) is 4.79 Å². The minimum atomic E-state index is -1.14. The average molecular weight is 356 g/mol. The summed E-state index contributed by atoms with van der Waals surface area (Å²) < 4.78 is 0.669. The van der Waals surface area contributed by atoms with Crippen molar-refractivity contribution in [3.8, 4) is 0 Å². The molecule has 0 heterocycles. The zero-order valence-corrected chi connectivity index (χ0v) is 12.2. The Balaban J connectivity index is 2.80. The Morgan fingerprint density at radius 1 is 1.33 bits per heavy atom. The van der Waals surface area contributed by atoms with Gasteiger partial charge in [-0.3, -0.25) is 4.79 Å². The fourth-order valence-corrected chi connectivity index (χ4v) is 2.37. The first kappa shape index (κ1) is 15.1. The molecule has 3 N–H and O–H groups in total. The Morgan fingerprint density at radius 2 is 1.83 bits per heavy atom. The lowest BCUT2D eigenvalue weighted by molar-refractivity contribution is -0.138. The van der Waals surface area contributed by atoms with Crippen molar-refractivity contribution >= 4 is 56.8 Å². The van der Waals surface area contributed by atoms with Crippen LogP contribution in [-0.2, 0) is 4.79 Å². The number of rotatable bonds is 3. The van der Waals surface area contributed by atoms with Crippen molar-refractivity contribution in [1.82, 2.24) is 5.32 Å². The molecule has 1 rings (SSSR count). The van der Waals surface area contributed by atoms with Gasteiger partial charge >= 0.3 is 12.0 Å². The van der Waals surface area contributed by atoms with Gasteiger partial charge in [0.2, 0.25) is 0 Å². The van der Waals surface area contributed by atoms with Gasteiger partial charge in [0.15, 0.2) is 0 Å². The molecule has 1 atom stereocenters. The minimum Gasteiger partial charge on any atom is -0.480 e. The Morgan fingerprint density at radius 3 is 2.28 bits per heavy atom. The van der Waals surface area contributed by atoms with E-state index >= 15 is 0 Å². The molecular weight excluding hydrogens is 347 g/mol. The number of carbonyl (C=O) groups is 2. The topological polar surface area (TPSA) is 78.4 Å². The summed E-state index contributed by atoms with van der Waals surface area (Å²) in [6.07, 6.45) is 0. The second kappa shape index (κ2) is 6.26. The highest BCUT2D eigenvalue weighted by atomic mass is 79.9. The lowest BCUT2D eigenvalue weighted by Crippen LogP contribution is -2.40. The predicted octanol–water partition coefficient (Wildman–Crippen LogP) is 3.35. The van der Waals surface area contributed by atoms with E-state index in [4.69, 9.17) is 28.3 Å². The lowest BCUT2D eigenvalue weighted by atomic mass is 10.3. The molecule has 0 saturated heterocycles. The number of amides is 2. The third-order valence-electron chi connectivity index (χ3n) is 1.96. The van der Waals surface area contributed by atoms with E-state index in [1.807, 2.05) is 0 Å². The normalized spacial score (nSPS) is 11.8. The van der Waals surface area contributed by atoms with E-state index in [9.17, 15) is 9.59 Å². The van der Waals surface area contributed by atoms with Gasteiger partial charge in [0.25, 0.3) is 0 Å². The van der Waals surface area contributed by atoms with Crippen molar-refractivity contribution in [2.75, 3.05) is 5.32 Å². The number of aliphatic carboxylic acids is 1. The van der Waals surface area contributed by atoms with Crippen molar-refractivity contribution in [1.29, 1.82) is 0 Å². The molecule has 0 aromatic heterocycles. The van der Waals surface area contributed by atoms with E-state index in [0.717, 1.165) is 0 Å². The van der Waals surface area contributed by atoms with Crippen LogP contribution < -0.4 is 10.6 Å². The molecule has 1 aromatic rings. The average Bonchev–Trinajstić information content (AvgIpc) is 2.23. The molecule has 0 unspecified atom stereocenters. The minimum absolute atomic E-state index is 0.219. The maximum atomic E-state index is 11.5. The summed E-state index contributed by atoms with van der Waals surface area (Å²) >= 11 is 15.0. The van der Waals surface area contributed by atoms with E-state index in [1.165, 1.54) is 6.92 Å². The SMILES string of the molecule is C[C@H](NC(=O)Nc1c(Cl)cc(Br)cc1Cl)C(=O)O. The van der Waals surface area contributed by atoms with E-state index in [-0.39, 0.29) is 15.7 Å². The van der Waals surface area contributed by atoms with Gasteiger partial charge in [0.1, 0.15) is 6.04 Å². The van der Waals surface area contributed by atoms with Crippen LogP contribution in [0.3, 0.4) is 0 Å². The van der Waals surface area contributed by atoms with E-state index in [2.05, 4.69) is 26.6 Å². The molecule has 0 saturated carbocycles. The van der Waals surface area contributed by atoms with E-state index in [1.54, 1.807) is 12.1 Å². The fourth-order valence-electron chi connectivity index (χ4n) is 1.07. The van der Waals surface area contributed by atoms with Gasteiger partial charge in [0, 0.05) is 4.47 Å². The zero-order chi connectivity index (χ0) is 13.9. The highest BCUT2D eigenvalue weighted by Gasteiger charge is 2.16. The largest absolute Gasteiger partial charge is 0.480 e. The highest BCUT2D eigenvalue weighted by Crippen LogP contribution is 2.33. The van der Waals surface area contributed by atoms with Crippen molar-refractivity contribution in [3.63, 3.8) is 0 Å². The second-order valence-corrected chi connectivity index (χ2v) is 5.13. The Hall–Kier alpha value is -0.980. The summed E-state index contributed by atoms with van der Waals surface area (Å²) in [7, 11) is 0. The summed E-state index contributed by atoms with van der Waals surface area (Å²) in [5.74, 6) is -1.14. The molecule has 0 spiro atoms. The summed E-state index contributed by atoms with van der Waals surface area (Å²) in [6, 6.07) is 1.40. The number of anilines is 1. The molecule has 1 aromatic carbocycles. The summed E-state index contributed by atoms with van der Waals surface area (Å²) in [4.78, 5) is 22.1. The molecule has 0 fully saturated rings. The molecule has 0 radical (unpaired) electrons. The number of carbonyl (C=O) groups excluding carboxylic acids is 1. The monoisotopic (exact) mass is 354 g/mol. The number of benzene rings is 1. The van der Waals surface area contributed by atoms with Crippen molar-refractivity contribution in [2.24, 2.45) is 0 Å². The smallest absolute Gasteiger partial charge is 0.325 e. The number of nitrogens with one attached hydrogen (secondary N) is 2. The third kappa shape index (κ3) is 4.04. The maximum absolute atomic E-state index is 11.5. The van der Waals surface area contributed by atoms with Gasteiger partial charge < -0.3 is 15.7 Å². The van der Waals surface area contributed by atoms with Crippen LogP contribution in [0.4, 0.5) is 10.5 Å². The molecule has 0 aliphatic heterocycles. The van der Waals surface area contributed by atoms with Crippen molar-refractivity contribution in [3.05, 3.63) is 26.7 Å². The standard InChI is InChI=1S/C10H9BrCl2N2O3/c1-4(9(16)17)14-10(18)15-8-6(12)2-5(11)3-7(8)13/h2-4H,1H3,(H,16,17)(H2,14,15,18)/t4-/m0/s1. The maximum Gasteiger partial charge on any atom is 0.325 e. The summed E-state index contributed by atoms with van der Waals surface area (Å²) in [5, 5.41) is 13.7. The van der Waals surface area contributed by atoms with Gasteiger partial charge in [0.05, 0.1) is 15.7 Å². The van der Waals surface area contributed by atoms with Crippen LogP contribution in [0.25, 0.3) is 0 Å². The number of carboxylic acids is 1. The molecule has 5 nitrogen and oxygen atoms in total. The van der Waals surface area contributed by atoms with Crippen LogP contribution >= 0.6 is 39.1 Å². The molecule has 0 bridgehead atoms. The Bertz CT molecular complexity index is 473. The number of hydrogen-bond acceptors (Lipinski definition) is 2. The summed E-state index contributed by atoms with van der Waals surface area (Å²) in [5.41, 5.74) is 0.219. The molecule has 0 aliphatic carbocycles. The van der Waals surface area contributed by atoms with Crippen LogP contribution in [-0.4, -0.2) is 23.1 Å². The quantitative estimate of drug-likeness (QED) is 0.777. The molecule has 98 valence electrons. The lowest BCUT2D eigenvalue weighted by Gasteiger charge is -2.13. The van der Waals surface area contributed by atoms with Crippen LogP contribution in [0.5, 0.6) is 0 Å². The van der Waals surface area contributed by atoms with Gasteiger partial charge in [-0.05, 0) is 19.1 Å². The van der Waals surface area contributed by atoms with Crippen molar-refractivity contribution in [2.45, 2.75) is 13.0 Å². The Labute approximate surface area is 122 Å². The number of hydrogen-bond donors (Lipinski definition) is 3. The third-order valence-corrected chi connectivity index (χ3v) is 3.02. The number of halogens is 3. The fraction of sp³-hybridized carbons (Fsp3) is 0.200. The van der Waals surface area contributed by atoms with Gasteiger partial charge in [-0.15, -0.1) is 0 Å². The number of urea groups is 1. The first-order valence-corrected chi connectivity index (χ1v) is 6.31. The molecular formula is C10H9BrCl2N2O3.